The second-order valence-corrected chi connectivity index (χ2v) is 7.25. The highest BCUT2D eigenvalue weighted by atomic mass is 19.1. The maximum Gasteiger partial charge on any atom is 0.223 e. The molecule has 0 bridgehead atoms. The van der Waals surface area contributed by atoms with Gasteiger partial charge >= 0.3 is 0 Å². The van der Waals surface area contributed by atoms with Gasteiger partial charge in [-0.05, 0) is 35.4 Å². The number of amides is 1. The van der Waals surface area contributed by atoms with Crippen LogP contribution in [0.25, 0.3) is 6.08 Å². The first-order valence-electron chi connectivity index (χ1n) is 8.57. The third-order valence-electron chi connectivity index (χ3n) is 5.51. The second-order valence-electron chi connectivity index (χ2n) is 7.25. The molecule has 4 heteroatoms. The van der Waals surface area contributed by atoms with Gasteiger partial charge in [0.15, 0.2) is 0 Å². The highest BCUT2D eigenvalue weighted by molar-refractivity contribution is 5.84. The summed E-state index contributed by atoms with van der Waals surface area (Å²) in [5.41, 5.74) is 1.81. The van der Waals surface area contributed by atoms with E-state index in [0.717, 1.165) is 16.8 Å². The number of hydrogen-bond donors (Lipinski definition) is 1. The zero-order chi connectivity index (χ0) is 17.7. The molecule has 1 N–H and O–H groups in total. The molecule has 128 valence electrons. The van der Waals surface area contributed by atoms with Crippen LogP contribution in [0.15, 0.2) is 54.6 Å². The molecule has 1 amide bonds. The van der Waals surface area contributed by atoms with E-state index in [2.05, 4.69) is 30.1 Å². The standard InChI is InChI=1S/C21H21FN2O/c1-20(2)17-14-16(22)8-9-18(17)24-13-11-19(25)23-21(20,24)12-10-15-6-4-3-5-7-15/h3-10,12,14H,11,13H2,1-2H3,(H,23,25)/b12-10+/t21-/m0/s1. The minimum atomic E-state index is -0.700. The molecular formula is C21H21FN2O. The number of rotatable bonds is 2. The topological polar surface area (TPSA) is 32.3 Å². The van der Waals surface area contributed by atoms with Crippen molar-refractivity contribution in [3.05, 3.63) is 71.6 Å². The zero-order valence-electron chi connectivity index (χ0n) is 14.4. The molecule has 0 radical (unpaired) electrons. The van der Waals surface area contributed by atoms with Gasteiger partial charge in [0.05, 0.1) is 0 Å². The van der Waals surface area contributed by atoms with Gasteiger partial charge in [0.1, 0.15) is 11.5 Å². The zero-order valence-corrected chi connectivity index (χ0v) is 14.4. The second kappa shape index (κ2) is 5.45. The highest BCUT2D eigenvalue weighted by Gasteiger charge is 2.57. The number of halogens is 1. The number of carbonyl (C=O) groups is 1. The molecule has 4 rings (SSSR count). The molecule has 25 heavy (non-hydrogen) atoms. The molecule has 2 aromatic rings. The Morgan fingerprint density at radius 1 is 1.16 bits per heavy atom. The molecule has 0 spiro atoms. The third-order valence-corrected chi connectivity index (χ3v) is 5.51. The van der Waals surface area contributed by atoms with Crippen LogP contribution < -0.4 is 10.2 Å². The van der Waals surface area contributed by atoms with E-state index in [-0.39, 0.29) is 11.7 Å². The summed E-state index contributed by atoms with van der Waals surface area (Å²) in [6.45, 7) is 4.74. The number of benzene rings is 2. The molecular weight excluding hydrogens is 315 g/mol. The van der Waals surface area contributed by atoms with E-state index < -0.39 is 11.1 Å². The van der Waals surface area contributed by atoms with Crippen LogP contribution in [0.2, 0.25) is 0 Å². The lowest BCUT2D eigenvalue weighted by Crippen LogP contribution is -2.68. The van der Waals surface area contributed by atoms with Gasteiger partial charge in [-0.15, -0.1) is 0 Å². The normalized spacial score (nSPS) is 24.1. The lowest BCUT2D eigenvalue weighted by Gasteiger charge is -2.49. The number of hydrogen-bond acceptors (Lipinski definition) is 2. The van der Waals surface area contributed by atoms with Crippen LogP contribution in [-0.2, 0) is 10.2 Å². The summed E-state index contributed by atoms with van der Waals surface area (Å²) < 4.78 is 13.9. The van der Waals surface area contributed by atoms with Crippen molar-refractivity contribution in [2.24, 2.45) is 0 Å². The molecule has 2 heterocycles. The molecule has 0 aromatic heterocycles. The van der Waals surface area contributed by atoms with Gasteiger partial charge in [-0.2, -0.15) is 0 Å². The molecule has 3 nitrogen and oxygen atoms in total. The maximum absolute atomic E-state index is 13.9. The molecule has 1 fully saturated rings. The van der Waals surface area contributed by atoms with Crippen molar-refractivity contribution >= 4 is 17.7 Å². The largest absolute Gasteiger partial charge is 0.344 e. The van der Waals surface area contributed by atoms with Crippen LogP contribution in [0.1, 0.15) is 31.4 Å². The fourth-order valence-electron chi connectivity index (χ4n) is 4.11. The van der Waals surface area contributed by atoms with Crippen LogP contribution in [0.5, 0.6) is 0 Å². The number of fused-ring (bicyclic) bond motifs is 3. The Kier molecular flexibility index (Phi) is 3.46. The smallest absolute Gasteiger partial charge is 0.223 e. The van der Waals surface area contributed by atoms with Gasteiger partial charge in [0, 0.05) is 24.1 Å². The van der Waals surface area contributed by atoms with Crippen LogP contribution in [0.4, 0.5) is 10.1 Å². The Bertz CT molecular complexity index is 859. The number of nitrogens with zero attached hydrogens (tertiary/aromatic N) is 1. The number of nitrogens with one attached hydrogen (secondary N) is 1. The third kappa shape index (κ3) is 2.28. The molecule has 2 aliphatic heterocycles. The summed E-state index contributed by atoms with van der Waals surface area (Å²) in [5, 5.41) is 3.20. The van der Waals surface area contributed by atoms with Crippen LogP contribution in [0, 0.1) is 5.82 Å². The van der Waals surface area contributed by atoms with E-state index in [4.69, 9.17) is 0 Å². The van der Waals surface area contributed by atoms with Crippen LogP contribution in [0.3, 0.4) is 0 Å². The fraction of sp³-hybridized carbons (Fsp3) is 0.286. The van der Waals surface area contributed by atoms with Crippen molar-refractivity contribution < 1.29 is 9.18 Å². The molecule has 1 saturated heterocycles. The SMILES string of the molecule is CC1(C)c2cc(F)ccc2N2CCC(=O)N[C@@]21/C=C/c1ccccc1. The summed E-state index contributed by atoms with van der Waals surface area (Å²) in [4.78, 5) is 14.5. The van der Waals surface area contributed by atoms with Gasteiger partial charge in [0.25, 0.3) is 0 Å². The van der Waals surface area contributed by atoms with Crippen molar-refractivity contribution in [3.8, 4) is 0 Å². The molecule has 0 unspecified atom stereocenters. The molecule has 0 aliphatic carbocycles. The van der Waals surface area contributed by atoms with Crippen molar-refractivity contribution in [2.75, 3.05) is 11.4 Å². The predicted octanol–water partition coefficient (Wildman–Crippen LogP) is 3.85. The number of anilines is 1. The minimum absolute atomic E-state index is 0.0234. The van der Waals surface area contributed by atoms with Crippen LogP contribution in [-0.4, -0.2) is 18.1 Å². The quantitative estimate of drug-likeness (QED) is 0.903. The van der Waals surface area contributed by atoms with Crippen molar-refractivity contribution in [2.45, 2.75) is 31.3 Å². The molecule has 0 saturated carbocycles. The summed E-state index contributed by atoms with van der Waals surface area (Å²) in [6.07, 6.45) is 4.52. The van der Waals surface area contributed by atoms with Crippen molar-refractivity contribution in [1.29, 1.82) is 0 Å². The lowest BCUT2D eigenvalue weighted by molar-refractivity contribution is -0.124. The summed E-state index contributed by atoms with van der Waals surface area (Å²) in [5.74, 6) is -0.226. The van der Waals surface area contributed by atoms with E-state index in [1.165, 1.54) is 6.07 Å². The summed E-state index contributed by atoms with van der Waals surface area (Å²) in [7, 11) is 0. The monoisotopic (exact) mass is 336 g/mol. The van der Waals surface area contributed by atoms with Gasteiger partial charge < -0.3 is 10.2 Å². The Morgan fingerprint density at radius 2 is 1.92 bits per heavy atom. The summed E-state index contributed by atoms with van der Waals surface area (Å²) in [6, 6.07) is 14.9. The van der Waals surface area contributed by atoms with E-state index >= 15 is 0 Å². The minimum Gasteiger partial charge on any atom is -0.344 e. The molecule has 2 aliphatic rings. The van der Waals surface area contributed by atoms with Gasteiger partial charge in [-0.1, -0.05) is 50.3 Å². The van der Waals surface area contributed by atoms with Crippen molar-refractivity contribution in [1.82, 2.24) is 5.32 Å². The first-order chi connectivity index (χ1) is 11.9. The van der Waals surface area contributed by atoms with Crippen LogP contribution >= 0.6 is 0 Å². The van der Waals surface area contributed by atoms with Crippen molar-refractivity contribution in [3.63, 3.8) is 0 Å². The Morgan fingerprint density at radius 3 is 2.68 bits per heavy atom. The van der Waals surface area contributed by atoms with E-state index in [1.54, 1.807) is 6.07 Å². The highest BCUT2D eigenvalue weighted by Crippen LogP contribution is 2.52. The van der Waals surface area contributed by atoms with E-state index in [1.807, 2.05) is 42.5 Å². The Balaban J connectivity index is 1.87. The Labute approximate surface area is 147 Å². The fourth-order valence-corrected chi connectivity index (χ4v) is 4.11. The van der Waals surface area contributed by atoms with Gasteiger partial charge in [0.2, 0.25) is 5.91 Å². The first-order valence-corrected chi connectivity index (χ1v) is 8.57. The van der Waals surface area contributed by atoms with E-state index in [9.17, 15) is 9.18 Å². The summed E-state index contributed by atoms with van der Waals surface area (Å²) >= 11 is 0. The first kappa shape index (κ1) is 15.9. The predicted molar refractivity (Wildman–Crippen MR) is 97.7 cm³/mol. The lowest BCUT2D eigenvalue weighted by atomic mass is 9.74. The van der Waals surface area contributed by atoms with Gasteiger partial charge in [-0.25, -0.2) is 4.39 Å². The average Bonchev–Trinajstić information content (AvgIpc) is 2.78. The maximum atomic E-state index is 13.9. The van der Waals surface area contributed by atoms with E-state index in [0.29, 0.717) is 13.0 Å². The molecule has 2 aromatic carbocycles. The number of carbonyl (C=O) groups excluding carboxylic acids is 1. The Hall–Kier alpha value is -2.62. The molecule has 1 atom stereocenters. The van der Waals surface area contributed by atoms with Gasteiger partial charge in [-0.3, -0.25) is 4.79 Å². The average molecular weight is 336 g/mol.